The number of nitrogens with one attached hydrogen (secondary N) is 1. The smallest absolute Gasteiger partial charge is 0.317 e. The van der Waals surface area contributed by atoms with E-state index in [4.69, 9.17) is 0 Å². The van der Waals surface area contributed by atoms with Crippen LogP contribution in [0.25, 0.3) is 0 Å². The van der Waals surface area contributed by atoms with Crippen LogP contribution in [0.15, 0.2) is 24.4 Å². The Morgan fingerprint density at radius 1 is 1.25 bits per heavy atom. The lowest BCUT2D eigenvalue weighted by molar-refractivity contribution is 0.189. The molecule has 2 heterocycles. The van der Waals surface area contributed by atoms with E-state index in [9.17, 15) is 4.79 Å². The largest absolute Gasteiger partial charge is 0.353 e. The Labute approximate surface area is 144 Å². The van der Waals surface area contributed by atoms with Crippen LogP contribution in [0.4, 0.5) is 10.6 Å². The summed E-state index contributed by atoms with van der Waals surface area (Å²) in [7, 11) is 2.17. The van der Waals surface area contributed by atoms with E-state index in [2.05, 4.69) is 27.1 Å². The van der Waals surface area contributed by atoms with Crippen LogP contribution < -0.4 is 10.2 Å². The van der Waals surface area contributed by atoms with Crippen molar-refractivity contribution in [3.63, 3.8) is 0 Å². The summed E-state index contributed by atoms with van der Waals surface area (Å²) in [4.78, 5) is 23.2. The molecule has 24 heavy (non-hydrogen) atoms. The molecule has 1 saturated heterocycles. The molecule has 0 bridgehead atoms. The second-order valence-electron chi connectivity index (χ2n) is 6.81. The van der Waals surface area contributed by atoms with Gasteiger partial charge >= 0.3 is 6.03 Å². The summed E-state index contributed by atoms with van der Waals surface area (Å²) in [6.07, 6.45) is 7.12. The lowest BCUT2D eigenvalue weighted by Gasteiger charge is -2.35. The van der Waals surface area contributed by atoms with Crippen molar-refractivity contribution < 1.29 is 4.79 Å². The Morgan fingerprint density at radius 2 is 2.00 bits per heavy atom. The van der Waals surface area contributed by atoms with Crippen molar-refractivity contribution in [2.45, 2.75) is 31.7 Å². The first-order valence-electron chi connectivity index (χ1n) is 9.13. The number of carbonyl (C=O) groups is 1. The van der Waals surface area contributed by atoms with Crippen molar-refractivity contribution in [3.05, 3.63) is 24.4 Å². The van der Waals surface area contributed by atoms with Crippen LogP contribution in [-0.4, -0.2) is 73.2 Å². The van der Waals surface area contributed by atoms with Crippen molar-refractivity contribution in [1.29, 1.82) is 0 Å². The van der Waals surface area contributed by atoms with Crippen LogP contribution in [0.2, 0.25) is 0 Å². The standard InChI is InChI=1S/C18H29N5O/c1-21(16-6-2-3-7-16)11-10-20-18(24)23-14-12-22(13-15-23)17-8-4-5-9-19-17/h4-5,8-9,16H,2-3,6-7,10-15H2,1H3,(H,20,24). The van der Waals surface area contributed by atoms with Gasteiger partial charge in [0.2, 0.25) is 0 Å². The Bertz CT molecular complexity index is 509. The molecule has 0 unspecified atom stereocenters. The molecule has 2 fully saturated rings. The summed E-state index contributed by atoms with van der Waals surface area (Å²) in [6, 6.07) is 6.73. The topological polar surface area (TPSA) is 51.7 Å². The monoisotopic (exact) mass is 331 g/mol. The number of amides is 2. The predicted octanol–water partition coefficient (Wildman–Crippen LogP) is 1.79. The fraction of sp³-hybridized carbons (Fsp3) is 0.667. The van der Waals surface area contributed by atoms with Gasteiger partial charge in [0, 0.05) is 51.5 Å². The number of pyridine rings is 1. The number of urea groups is 1. The highest BCUT2D eigenvalue weighted by Crippen LogP contribution is 2.21. The van der Waals surface area contributed by atoms with Crippen molar-refractivity contribution in [1.82, 2.24) is 20.1 Å². The van der Waals surface area contributed by atoms with Gasteiger partial charge in [-0.15, -0.1) is 0 Å². The van der Waals surface area contributed by atoms with Crippen molar-refractivity contribution in [2.75, 3.05) is 51.2 Å². The molecular weight excluding hydrogens is 302 g/mol. The molecule has 0 spiro atoms. The minimum atomic E-state index is 0.0653. The van der Waals surface area contributed by atoms with Gasteiger partial charge in [-0.1, -0.05) is 18.9 Å². The zero-order valence-electron chi connectivity index (χ0n) is 14.7. The summed E-state index contributed by atoms with van der Waals surface area (Å²) in [5.74, 6) is 0.996. The van der Waals surface area contributed by atoms with Crippen LogP contribution in [0, 0.1) is 0 Å². The lowest BCUT2D eigenvalue weighted by Crippen LogP contribution is -2.52. The van der Waals surface area contributed by atoms with Gasteiger partial charge in [0.25, 0.3) is 0 Å². The molecule has 0 aromatic carbocycles. The average Bonchev–Trinajstić information content (AvgIpc) is 3.17. The minimum absolute atomic E-state index is 0.0653. The van der Waals surface area contributed by atoms with E-state index in [0.29, 0.717) is 6.04 Å². The molecular formula is C18H29N5O. The lowest BCUT2D eigenvalue weighted by atomic mass is 10.2. The molecule has 2 amide bonds. The summed E-state index contributed by atoms with van der Waals surface area (Å²) in [5, 5.41) is 3.07. The van der Waals surface area contributed by atoms with E-state index in [1.807, 2.05) is 29.3 Å². The van der Waals surface area contributed by atoms with Gasteiger partial charge in [0.05, 0.1) is 0 Å². The second-order valence-corrected chi connectivity index (χ2v) is 6.81. The van der Waals surface area contributed by atoms with Gasteiger partial charge in [-0.2, -0.15) is 0 Å². The molecule has 1 aromatic heterocycles. The maximum Gasteiger partial charge on any atom is 0.317 e. The molecule has 0 atom stereocenters. The van der Waals surface area contributed by atoms with Crippen LogP contribution >= 0.6 is 0 Å². The Balaban J connectivity index is 1.36. The zero-order chi connectivity index (χ0) is 16.8. The highest BCUT2D eigenvalue weighted by atomic mass is 16.2. The van der Waals surface area contributed by atoms with Gasteiger partial charge in [0.15, 0.2) is 0 Å². The SMILES string of the molecule is CN(CCNC(=O)N1CCN(c2ccccn2)CC1)C1CCCC1. The van der Waals surface area contributed by atoms with Crippen LogP contribution in [0.5, 0.6) is 0 Å². The number of carbonyl (C=O) groups excluding carboxylic acids is 1. The predicted molar refractivity (Wildman–Crippen MR) is 96.3 cm³/mol. The van der Waals surface area contributed by atoms with Gasteiger partial charge in [0.1, 0.15) is 5.82 Å². The third-order valence-corrected chi connectivity index (χ3v) is 5.23. The molecule has 1 N–H and O–H groups in total. The van der Waals surface area contributed by atoms with Gasteiger partial charge in [-0.25, -0.2) is 9.78 Å². The molecule has 6 heteroatoms. The van der Waals surface area contributed by atoms with Gasteiger partial charge < -0.3 is 20.0 Å². The van der Waals surface area contributed by atoms with E-state index >= 15 is 0 Å². The maximum absolute atomic E-state index is 12.3. The Hall–Kier alpha value is -1.82. The maximum atomic E-state index is 12.3. The van der Waals surface area contributed by atoms with Crippen LogP contribution in [0.1, 0.15) is 25.7 Å². The number of nitrogens with zero attached hydrogens (tertiary/aromatic N) is 4. The van der Waals surface area contributed by atoms with Crippen LogP contribution in [-0.2, 0) is 0 Å². The third-order valence-electron chi connectivity index (χ3n) is 5.23. The molecule has 132 valence electrons. The molecule has 0 radical (unpaired) electrons. The fourth-order valence-corrected chi connectivity index (χ4v) is 3.66. The summed E-state index contributed by atoms with van der Waals surface area (Å²) >= 11 is 0. The molecule has 1 saturated carbocycles. The van der Waals surface area contributed by atoms with E-state index in [0.717, 1.165) is 45.1 Å². The number of hydrogen-bond donors (Lipinski definition) is 1. The fourth-order valence-electron chi connectivity index (χ4n) is 3.66. The second kappa shape index (κ2) is 8.33. The Kier molecular flexibility index (Phi) is 5.91. The molecule has 1 aromatic rings. The first-order chi connectivity index (χ1) is 11.7. The number of aromatic nitrogens is 1. The van der Waals surface area contributed by atoms with E-state index in [-0.39, 0.29) is 6.03 Å². The molecule has 1 aliphatic heterocycles. The zero-order valence-corrected chi connectivity index (χ0v) is 14.7. The van der Waals surface area contributed by atoms with Gasteiger partial charge in [-0.05, 0) is 32.0 Å². The number of likely N-dealkylation sites (N-methyl/N-ethyl adjacent to an activating group) is 1. The van der Waals surface area contributed by atoms with Crippen molar-refractivity contribution in [2.24, 2.45) is 0 Å². The quantitative estimate of drug-likeness (QED) is 0.894. The van der Waals surface area contributed by atoms with E-state index in [1.165, 1.54) is 25.7 Å². The number of rotatable bonds is 5. The minimum Gasteiger partial charge on any atom is -0.353 e. The van der Waals surface area contributed by atoms with E-state index < -0.39 is 0 Å². The van der Waals surface area contributed by atoms with Gasteiger partial charge in [-0.3, -0.25) is 0 Å². The summed E-state index contributed by atoms with van der Waals surface area (Å²) < 4.78 is 0. The Morgan fingerprint density at radius 3 is 2.67 bits per heavy atom. The highest BCUT2D eigenvalue weighted by Gasteiger charge is 2.22. The average molecular weight is 331 g/mol. The first-order valence-corrected chi connectivity index (χ1v) is 9.13. The first kappa shape index (κ1) is 17.0. The van der Waals surface area contributed by atoms with Crippen molar-refractivity contribution >= 4 is 11.8 Å². The van der Waals surface area contributed by atoms with Crippen molar-refractivity contribution in [3.8, 4) is 0 Å². The molecule has 1 aliphatic carbocycles. The molecule has 2 aliphatic rings. The third kappa shape index (κ3) is 4.38. The van der Waals surface area contributed by atoms with Crippen LogP contribution in [0.3, 0.4) is 0 Å². The van der Waals surface area contributed by atoms with E-state index in [1.54, 1.807) is 0 Å². The molecule has 3 rings (SSSR count). The number of piperazine rings is 1. The number of hydrogen-bond acceptors (Lipinski definition) is 4. The summed E-state index contributed by atoms with van der Waals surface area (Å²) in [6.45, 7) is 4.84. The normalized spacial score (nSPS) is 19.1. The number of anilines is 1. The summed E-state index contributed by atoms with van der Waals surface area (Å²) in [5.41, 5.74) is 0. The molecule has 6 nitrogen and oxygen atoms in total. The highest BCUT2D eigenvalue weighted by molar-refractivity contribution is 5.74.